The van der Waals surface area contributed by atoms with Gasteiger partial charge in [0.25, 0.3) is 5.91 Å². The number of hydrogen-bond acceptors (Lipinski definition) is 4. The summed E-state index contributed by atoms with van der Waals surface area (Å²) in [6, 6.07) is 3.98. The number of nitrogens with one attached hydrogen (secondary N) is 1. The predicted molar refractivity (Wildman–Crippen MR) is 97.9 cm³/mol. The van der Waals surface area contributed by atoms with Crippen LogP contribution in [0.25, 0.3) is 0 Å². The minimum atomic E-state index is 0.0691. The summed E-state index contributed by atoms with van der Waals surface area (Å²) >= 11 is 1.57. The highest BCUT2D eigenvalue weighted by molar-refractivity contribution is 7.14. The molecule has 134 valence electrons. The van der Waals surface area contributed by atoms with Crippen LogP contribution in [0.3, 0.4) is 0 Å². The quantitative estimate of drug-likeness (QED) is 0.843. The maximum Gasteiger partial charge on any atom is 0.264 e. The third-order valence-electron chi connectivity index (χ3n) is 5.21. The molecule has 3 heterocycles. The molecular formula is C19H25N3O2S. The molecule has 0 bridgehead atoms. The maximum absolute atomic E-state index is 12.8. The van der Waals surface area contributed by atoms with Gasteiger partial charge in [-0.15, -0.1) is 11.3 Å². The van der Waals surface area contributed by atoms with Gasteiger partial charge in [0.05, 0.1) is 23.2 Å². The average Bonchev–Trinajstić information content (AvgIpc) is 3.33. The van der Waals surface area contributed by atoms with Crippen LogP contribution in [0, 0.1) is 0 Å². The molecule has 1 fully saturated rings. The number of carbonyl (C=O) groups is 1. The molecule has 25 heavy (non-hydrogen) atoms. The molecule has 4 rings (SSSR count). The van der Waals surface area contributed by atoms with E-state index in [-0.39, 0.29) is 12.0 Å². The fourth-order valence-corrected chi connectivity index (χ4v) is 4.87. The molecule has 1 amide bonds. The summed E-state index contributed by atoms with van der Waals surface area (Å²) in [5.41, 5.74) is 3.64. The first-order valence-corrected chi connectivity index (χ1v) is 10.1. The van der Waals surface area contributed by atoms with Crippen LogP contribution in [-0.4, -0.2) is 34.7 Å². The number of aromatic amines is 1. The van der Waals surface area contributed by atoms with Gasteiger partial charge in [0, 0.05) is 24.2 Å². The van der Waals surface area contributed by atoms with Gasteiger partial charge in [-0.2, -0.15) is 5.10 Å². The molecule has 2 aromatic heterocycles. The van der Waals surface area contributed by atoms with Crippen LogP contribution in [0.5, 0.6) is 0 Å². The van der Waals surface area contributed by atoms with Gasteiger partial charge in [0.2, 0.25) is 0 Å². The van der Waals surface area contributed by atoms with E-state index in [1.165, 1.54) is 35.4 Å². The molecule has 1 N–H and O–H groups in total. The summed E-state index contributed by atoms with van der Waals surface area (Å²) in [4.78, 5) is 16.5. The van der Waals surface area contributed by atoms with Crippen molar-refractivity contribution in [2.45, 2.75) is 57.6 Å². The molecule has 6 heteroatoms. The Labute approximate surface area is 152 Å². The summed E-state index contributed by atoms with van der Waals surface area (Å²) in [6.45, 7) is 1.40. The number of nitrogens with zero attached hydrogens (tertiary/aromatic N) is 2. The van der Waals surface area contributed by atoms with E-state index < -0.39 is 0 Å². The summed E-state index contributed by atoms with van der Waals surface area (Å²) in [7, 11) is 1.87. The van der Waals surface area contributed by atoms with E-state index in [1.807, 2.05) is 19.2 Å². The van der Waals surface area contributed by atoms with Crippen LogP contribution in [0.15, 0.2) is 12.1 Å². The summed E-state index contributed by atoms with van der Waals surface area (Å²) < 4.78 is 5.72. The van der Waals surface area contributed by atoms with Crippen molar-refractivity contribution in [3.8, 4) is 0 Å². The van der Waals surface area contributed by atoms with E-state index >= 15 is 0 Å². The van der Waals surface area contributed by atoms with Crippen molar-refractivity contribution in [1.82, 2.24) is 15.1 Å². The molecule has 1 saturated heterocycles. The zero-order valence-electron chi connectivity index (χ0n) is 14.7. The predicted octanol–water partition coefficient (Wildman–Crippen LogP) is 3.86. The fraction of sp³-hybridized carbons (Fsp3) is 0.579. The number of carbonyl (C=O) groups excluding carboxylic acids is 1. The number of H-pyrrole nitrogens is 1. The zero-order chi connectivity index (χ0) is 17.2. The molecule has 0 saturated carbocycles. The fourth-order valence-electron chi connectivity index (χ4n) is 3.78. The normalized spacial score (nSPS) is 20.3. The van der Waals surface area contributed by atoms with Crippen LogP contribution in [0.4, 0.5) is 0 Å². The van der Waals surface area contributed by atoms with E-state index in [2.05, 4.69) is 10.2 Å². The van der Waals surface area contributed by atoms with E-state index in [4.69, 9.17) is 4.74 Å². The van der Waals surface area contributed by atoms with E-state index in [9.17, 15) is 4.79 Å². The number of thiophene rings is 1. The lowest BCUT2D eigenvalue weighted by Gasteiger charge is -2.16. The first-order chi connectivity index (χ1) is 12.2. The Hall–Kier alpha value is -1.66. The third-order valence-corrected chi connectivity index (χ3v) is 6.38. The Bertz CT molecular complexity index is 746. The molecule has 1 aliphatic heterocycles. The number of aryl methyl sites for hydroxylation is 1. The van der Waals surface area contributed by atoms with Gasteiger partial charge in [-0.3, -0.25) is 9.89 Å². The van der Waals surface area contributed by atoms with Crippen LogP contribution in [0.1, 0.15) is 69.7 Å². The lowest BCUT2D eigenvalue weighted by molar-refractivity contribution is 0.0788. The monoisotopic (exact) mass is 359 g/mol. The second-order valence-electron chi connectivity index (χ2n) is 7.05. The summed E-state index contributed by atoms with van der Waals surface area (Å²) in [5, 5.41) is 7.68. The lowest BCUT2D eigenvalue weighted by Crippen LogP contribution is -2.26. The van der Waals surface area contributed by atoms with Crippen molar-refractivity contribution >= 4 is 17.2 Å². The molecule has 2 aromatic rings. The number of aromatic nitrogens is 2. The van der Waals surface area contributed by atoms with Crippen LogP contribution in [0.2, 0.25) is 0 Å². The van der Waals surface area contributed by atoms with Crippen LogP contribution in [-0.2, 0) is 24.1 Å². The van der Waals surface area contributed by atoms with Crippen molar-refractivity contribution in [3.05, 3.63) is 38.8 Å². The Morgan fingerprint density at radius 3 is 3.04 bits per heavy atom. The van der Waals surface area contributed by atoms with E-state index in [0.717, 1.165) is 42.9 Å². The topological polar surface area (TPSA) is 58.2 Å². The smallest absolute Gasteiger partial charge is 0.264 e. The van der Waals surface area contributed by atoms with Crippen molar-refractivity contribution < 1.29 is 9.53 Å². The highest BCUT2D eigenvalue weighted by atomic mass is 32.1. The molecule has 1 atom stereocenters. The second-order valence-corrected chi connectivity index (χ2v) is 8.17. The standard InChI is InChI=1S/C19H25N3O2S/c1-22(12-15-13-6-3-2-4-7-14(13)20-21-15)19(23)18-10-9-17(25-18)16-8-5-11-24-16/h9-10,16H,2-8,11-12H2,1H3,(H,20,21)/t16-/m0/s1. The highest BCUT2D eigenvalue weighted by Gasteiger charge is 2.23. The van der Waals surface area contributed by atoms with Gasteiger partial charge >= 0.3 is 0 Å². The second kappa shape index (κ2) is 7.30. The first kappa shape index (κ1) is 16.8. The number of rotatable bonds is 4. The molecule has 0 radical (unpaired) electrons. The Morgan fingerprint density at radius 1 is 1.32 bits per heavy atom. The van der Waals surface area contributed by atoms with Crippen molar-refractivity contribution in [1.29, 1.82) is 0 Å². The largest absolute Gasteiger partial charge is 0.373 e. The van der Waals surface area contributed by atoms with Gasteiger partial charge in [0.15, 0.2) is 0 Å². The Balaban J connectivity index is 1.45. The van der Waals surface area contributed by atoms with Gasteiger partial charge < -0.3 is 9.64 Å². The molecule has 2 aliphatic rings. The number of fused-ring (bicyclic) bond motifs is 1. The van der Waals surface area contributed by atoms with E-state index in [0.29, 0.717) is 6.54 Å². The minimum absolute atomic E-state index is 0.0691. The van der Waals surface area contributed by atoms with Gasteiger partial charge in [0.1, 0.15) is 0 Å². The molecule has 1 aliphatic carbocycles. The maximum atomic E-state index is 12.8. The average molecular weight is 359 g/mol. The number of amides is 1. The molecule has 0 unspecified atom stereocenters. The Kier molecular flexibility index (Phi) is 4.90. The zero-order valence-corrected chi connectivity index (χ0v) is 15.5. The van der Waals surface area contributed by atoms with Crippen LogP contribution >= 0.6 is 11.3 Å². The molecular weight excluding hydrogens is 334 g/mol. The van der Waals surface area contributed by atoms with Crippen LogP contribution < -0.4 is 0 Å². The SMILES string of the molecule is CN(Cc1n[nH]c2c1CCCCC2)C(=O)c1ccc([C@@H]2CCCO2)s1. The van der Waals surface area contributed by atoms with Crippen molar-refractivity contribution in [2.75, 3.05) is 13.7 Å². The first-order valence-electron chi connectivity index (χ1n) is 9.24. The van der Waals surface area contributed by atoms with Gasteiger partial charge in [-0.25, -0.2) is 0 Å². The third kappa shape index (κ3) is 3.51. The molecule has 0 spiro atoms. The highest BCUT2D eigenvalue weighted by Crippen LogP contribution is 2.33. The Morgan fingerprint density at radius 2 is 2.20 bits per heavy atom. The summed E-state index contributed by atoms with van der Waals surface area (Å²) in [6.07, 6.45) is 8.22. The molecule has 5 nitrogen and oxygen atoms in total. The summed E-state index contributed by atoms with van der Waals surface area (Å²) in [5.74, 6) is 0.0691. The van der Waals surface area contributed by atoms with Gasteiger partial charge in [-0.05, 0) is 56.2 Å². The number of ether oxygens (including phenoxy) is 1. The van der Waals surface area contributed by atoms with E-state index in [1.54, 1.807) is 16.2 Å². The lowest BCUT2D eigenvalue weighted by atomic mass is 10.1. The van der Waals surface area contributed by atoms with Gasteiger partial charge in [-0.1, -0.05) is 6.42 Å². The van der Waals surface area contributed by atoms with Crippen molar-refractivity contribution in [3.63, 3.8) is 0 Å². The molecule has 0 aromatic carbocycles. The number of hydrogen-bond donors (Lipinski definition) is 1. The van der Waals surface area contributed by atoms with Crippen molar-refractivity contribution in [2.24, 2.45) is 0 Å². The minimum Gasteiger partial charge on any atom is -0.373 e.